The number of nitrogens with zero attached hydrogens (tertiary/aromatic N) is 3. The second-order valence-corrected chi connectivity index (χ2v) is 6.39. The number of amides is 2. The molecule has 0 fully saturated rings. The molecule has 0 atom stereocenters. The van der Waals surface area contributed by atoms with Crippen molar-refractivity contribution in [2.75, 3.05) is 6.54 Å². The molecular weight excluding hydrogens is 300 g/mol. The highest BCUT2D eigenvalue weighted by Gasteiger charge is 2.24. The molecule has 3 heterocycles. The second-order valence-electron chi connectivity index (χ2n) is 5.61. The van der Waals surface area contributed by atoms with Gasteiger partial charge >= 0.3 is 0 Å². The number of fused-ring (bicyclic) bond motifs is 1. The van der Waals surface area contributed by atoms with Crippen molar-refractivity contribution >= 4 is 23.2 Å². The van der Waals surface area contributed by atoms with Crippen LogP contribution in [0.4, 0.5) is 0 Å². The summed E-state index contributed by atoms with van der Waals surface area (Å²) in [6.07, 6.45) is 0. The molecule has 0 bridgehead atoms. The zero-order valence-electron chi connectivity index (χ0n) is 12.6. The van der Waals surface area contributed by atoms with Crippen LogP contribution < -0.4 is 5.32 Å². The first-order valence-electron chi connectivity index (χ1n) is 7.23. The van der Waals surface area contributed by atoms with Crippen LogP contribution in [0.15, 0.2) is 22.9 Å². The highest BCUT2D eigenvalue weighted by Crippen LogP contribution is 2.17. The molecule has 0 spiro atoms. The molecule has 0 aromatic carbocycles. The molecule has 1 N–H and O–H groups in total. The number of hydrogen-bond acceptors (Lipinski definition) is 4. The lowest BCUT2D eigenvalue weighted by Gasteiger charge is -2.27. The topological polar surface area (TPSA) is 67.2 Å². The van der Waals surface area contributed by atoms with Gasteiger partial charge in [0.2, 0.25) is 0 Å². The van der Waals surface area contributed by atoms with Crippen LogP contribution >= 0.6 is 11.3 Å². The molecule has 116 valence electrons. The summed E-state index contributed by atoms with van der Waals surface area (Å²) in [7, 11) is 0. The molecular formula is C15H18N4O2S. The minimum absolute atomic E-state index is 0.0295. The fourth-order valence-corrected chi connectivity index (χ4v) is 3.09. The van der Waals surface area contributed by atoms with Gasteiger partial charge in [-0.3, -0.25) is 14.3 Å². The highest BCUT2D eigenvalue weighted by atomic mass is 32.1. The first kappa shape index (κ1) is 14.8. The van der Waals surface area contributed by atoms with Crippen LogP contribution in [0.1, 0.15) is 40.4 Å². The Balaban J connectivity index is 1.75. The van der Waals surface area contributed by atoms with Gasteiger partial charge in [-0.15, -0.1) is 0 Å². The van der Waals surface area contributed by atoms with E-state index < -0.39 is 0 Å². The van der Waals surface area contributed by atoms with E-state index >= 15 is 0 Å². The van der Waals surface area contributed by atoms with Gasteiger partial charge in [0.15, 0.2) is 5.69 Å². The first-order chi connectivity index (χ1) is 10.5. The molecule has 1 aliphatic heterocycles. The van der Waals surface area contributed by atoms with E-state index in [0.717, 1.165) is 11.3 Å². The third kappa shape index (κ3) is 2.89. The van der Waals surface area contributed by atoms with Gasteiger partial charge in [-0.1, -0.05) is 0 Å². The van der Waals surface area contributed by atoms with Gasteiger partial charge in [-0.05, 0) is 31.4 Å². The molecule has 0 aliphatic carbocycles. The van der Waals surface area contributed by atoms with Crippen molar-refractivity contribution in [2.45, 2.75) is 33.0 Å². The van der Waals surface area contributed by atoms with Crippen LogP contribution in [0.25, 0.3) is 0 Å². The Morgan fingerprint density at radius 2 is 2.18 bits per heavy atom. The molecule has 22 heavy (non-hydrogen) atoms. The molecule has 0 saturated heterocycles. The molecule has 1 aliphatic rings. The number of aromatic nitrogens is 2. The van der Waals surface area contributed by atoms with Crippen molar-refractivity contribution in [2.24, 2.45) is 0 Å². The maximum Gasteiger partial charge on any atom is 0.271 e. The predicted molar refractivity (Wildman–Crippen MR) is 83.9 cm³/mol. The van der Waals surface area contributed by atoms with Gasteiger partial charge in [-0.25, -0.2) is 0 Å². The number of carbonyl (C=O) groups is 2. The monoisotopic (exact) mass is 318 g/mol. The Hall–Kier alpha value is -2.15. The third-order valence-electron chi connectivity index (χ3n) is 3.51. The van der Waals surface area contributed by atoms with Crippen molar-refractivity contribution < 1.29 is 9.59 Å². The van der Waals surface area contributed by atoms with E-state index in [1.54, 1.807) is 11.0 Å². The van der Waals surface area contributed by atoms with Gasteiger partial charge < -0.3 is 10.2 Å². The fraction of sp³-hybridized carbons (Fsp3) is 0.400. The number of nitrogens with one attached hydrogen (secondary N) is 1. The van der Waals surface area contributed by atoms with Crippen LogP contribution in [-0.2, 0) is 13.1 Å². The molecule has 0 saturated carbocycles. The van der Waals surface area contributed by atoms with Crippen LogP contribution in [0.2, 0.25) is 0 Å². The number of carbonyl (C=O) groups excluding carboxylic acids is 2. The number of hydrogen-bond donors (Lipinski definition) is 1. The van der Waals surface area contributed by atoms with E-state index in [2.05, 4.69) is 10.4 Å². The van der Waals surface area contributed by atoms with E-state index in [4.69, 9.17) is 0 Å². The Morgan fingerprint density at radius 3 is 2.86 bits per heavy atom. The van der Waals surface area contributed by atoms with Crippen LogP contribution in [-0.4, -0.2) is 39.1 Å². The minimum atomic E-state index is -0.174. The first-order valence-corrected chi connectivity index (χ1v) is 8.18. The summed E-state index contributed by atoms with van der Waals surface area (Å²) in [5.41, 5.74) is 2.02. The van der Waals surface area contributed by atoms with Crippen LogP contribution in [0.5, 0.6) is 0 Å². The van der Waals surface area contributed by atoms with Crippen molar-refractivity contribution in [1.82, 2.24) is 20.0 Å². The Labute approximate surface area is 132 Å². The van der Waals surface area contributed by atoms with Crippen molar-refractivity contribution in [1.29, 1.82) is 0 Å². The van der Waals surface area contributed by atoms with Crippen molar-refractivity contribution in [3.8, 4) is 0 Å². The van der Waals surface area contributed by atoms with Gasteiger partial charge in [0.25, 0.3) is 11.8 Å². The van der Waals surface area contributed by atoms with Gasteiger partial charge in [0.1, 0.15) is 0 Å². The zero-order chi connectivity index (χ0) is 15.7. The molecule has 0 radical (unpaired) electrons. The van der Waals surface area contributed by atoms with Crippen LogP contribution in [0.3, 0.4) is 0 Å². The molecule has 3 rings (SSSR count). The largest absolute Gasteiger partial charge is 0.348 e. The average molecular weight is 318 g/mol. The number of thiophene rings is 1. The lowest BCUT2D eigenvalue weighted by atomic mass is 10.2. The lowest BCUT2D eigenvalue weighted by Crippen LogP contribution is -2.38. The summed E-state index contributed by atoms with van der Waals surface area (Å²) in [5.74, 6) is -0.144. The molecule has 0 unspecified atom stereocenters. The summed E-state index contributed by atoms with van der Waals surface area (Å²) in [6, 6.07) is 3.67. The van der Waals surface area contributed by atoms with Gasteiger partial charge in [0.05, 0.1) is 24.3 Å². The smallest absolute Gasteiger partial charge is 0.271 e. The third-order valence-corrected chi connectivity index (χ3v) is 4.19. The predicted octanol–water partition coefficient (Wildman–Crippen LogP) is 1.74. The van der Waals surface area contributed by atoms with Crippen molar-refractivity contribution in [3.05, 3.63) is 39.8 Å². The van der Waals surface area contributed by atoms with E-state index in [-0.39, 0.29) is 17.9 Å². The Bertz CT molecular complexity index is 690. The molecule has 2 aromatic heterocycles. The maximum absolute atomic E-state index is 12.4. The van der Waals surface area contributed by atoms with E-state index in [0.29, 0.717) is 25.3 Å². The van der Waals surface area contributed by atoms with E-state index in [1.165, 1.54) is 11.3 Å². The van der Waals surface area contributed by atoms with E-state index in [1.807, 2.05) is 35.4 Å². The summed E-state index contributed by atoms with van der Waals surface area (Å²) in [4.78, 5) is 26.2. The molecule has 2 aromatic rings. The second kappa shape index (κ2) is 5.92. The zero-order valence-corrected chi connectivity index (χ0v) is 13.4. The van der Waals surface area contributed by atoms with Gasteiger partial charge in [0, 0.05) is 18.0 Å². The Morgan fingerprint density at radius 1 is 1.36 bits per heavy atom. The van der Waals surface area contributed by atoms with Crippen LogP contribution in [0, 0.1) is 0 Å². The maximum atomic E-state index is 12.4. The molecule has 2 amide bonds. The Kier molecular flexibility index (Phi) is 3.98. The summed E-state index contributed by atoms with van der Waals surface area (Å²) in [6.45, 7) is 5.52. The SMILES string of the molecule is CC(C)NC(=O)c1cc2n(n1)CCN(C(=O)c1ccsc1)C2. The molecule has 6 nitrogen and oxygen atoms in total. The van der Waals surface area contributed by atoms with Gasteiger partial charge in [-0.2, -0.15) is 16.4 Å². The summed E-state index contributed by atoms with van der Waals surface area (Å²) >= 11 is 1.51. The molecule has 7 heteroatoms. The summed E-state index contributed by atoms with van der Waals surface area (Å²) in [5, 5.41) is 10.9. The average Bonchev–Trinajstić information content (AvgIpc) is 3.14. The number of rotatable bonds is 3. The normalized spacial score (nSPS) is 14.0. The standard InChI is InChI=1S/C15H18N4O2S/c1-10(2)16-14(20)13-7-12-8-18(4-5-19(12)17-13)15(21)11-3-6-22-9-11/h3,6-7,9-10H,4-5,8H2,1-2H3,(H,16,20). The highest BCUT2D eigenvalue weighted by molar-refractivity contribution is 7.08. The quantitative estimate of drug-likeness (QED) is 0.937. The summed E-state index contributed by atoms with van der Waals surface area (Å²) < 4.78 is 1.81. The van der Waals surface area contributed by atoms with Crippen molar-refractivity contribution in [3.63, 3.8) is 0 Å². The minimum Gasteiger partial charge on any atom is -0.348 e. The van der Waals surface area contributed by atoms with E-state index in [9.17, 15) is 9.59 Å². The lowest BCUT2D eigenvalue weighted by molar-refractivity contribution is 0.0706. The fourth-order valence-electron chi connectivity index (χ4n) is 2.46.